The first-order valence-electron chi connectivity index (χ1n) is 5.59. The molecule has 1 aromatic carbocycles. The largest absolute Gasteiger partial charge is 0.330 e. The molecule has 1 unspecified atom stereocenters. The van der Waals surface area contributed by atoms with Crippen LogP contribution in [0, 0.1) is 6.92 Å². The summed E-state index contributed by atoms with van der Waals surface area (Å²) in [6.07, 6.45) is 1.05. The second kappa shape index (κ2) is 5.28. The Labute approximate surface area is 101 Å². The van der Waals surface area contributed by atoms with Crippen LogP contribution >= 0.6 is 11.3 Å². The van der Waals surface area contributed by atoms with Crippen LogP contribution in [0.15, 0.2) is 41.8 Å². The van der Waals surface area contributed by atoms with Crippen molar-refractivity contribution in [3.8, 4) is 0 Å². The lowest BCUT2D eigenvalue weighted by molar-refractivity contribution is 0.696. The monoisotopic (exact) mass is 231 g/mol. The lowest BCUT2D eigenvalue weighted by Crippen LogP contribution is -2.15. The van der Waals surface area contributed by atoms with Crippen LogP contribution in [0.2, 0.25) is 0 Å². The Balaban J connectivity index is 2.20. The zero-order valence-corrected chi connectivity index (χ0v) is 10.3. The fraction of sp³-hybridized carbons (Fsp3) is 0.286. The van der Waals surface area contributed by atoms with Gasteiger partial charge in [-0.15, -0.1) is 11.3 Å². The summed E-state index contributed by atoms with van der Waals surface area (Å²) < 4.78 is 0. The summed E-state index contributed by atoms with van der Waals surface area (Å²) >= 11 is 1.81. The van der Waals surface area contributed by atoms with E-state index in [0.717, 1.165) is 6.42 Å². The molecule has 2 aromatic rings. The van der Waals surface area contributed by atoms with E-state index in [1.165, 1.54) is 16.0 Å². The number of hydrogen-bond acceptors (Lipinski definition) is 2. The highest BCUT2D eigenvalue weighted by molar-refractivity contribution is 7.09. The van der Waals surface area contributed by atoms with Gasteiger partial charge in [0.2, 0.25) is 0 Å². The van der Waals surface area contributed by atoms with Crippen LogP contribution in [0.25, 0.3) is 0 Å². The van der Waals surface area contributed by atoms with Crippen molar-refractivity contribution in [2.24, 2.45) is 5.73 Å². The Kier molecular flexibility index (Phi) is 3.75. The van der Waals surface area contributed by atoms with Gasteiger partial charge < -0.3 is 5.73 Å². The van der Waals surface area contributed by atoms with E-state index in [1.807, 2.05) is 11.3 Å². The second-order valence-corrected chi connectivity index (χ2v) is 5.10. The summed E-state index contributed by atoms with van der Waals surface area (Å²) in [5.74, 6) is 0.444. The van der Waals surface area contributed by atoms with E-state index in [0.29, 0.717) is 12.5 Å². The number of thiophene rings is 1. The number of rotatable bonds is 4. The molecule has 1 aromatic heterocycles. The molecule has 0 bridgehead atoms. The van der Waals surface area contributed by atoms with Crippen LogP contribution in [0.5, 0.6) is 0 Å². The van der Waals surface area contributed by atoms with Gasteiger partial charge in [0.05, 0.1) is 0 Å². The lowest BCUT2D eigenvalue weighted by Gasteiger charge is -2.16. The summed E-state index contributed by atoms with van der Waals surface area (Å²) in [5, 5.41) is 2.13. The van der Waals surface area contributed by atoms with E-state index in [2.05, 4.69) is 48.7 Å². The van der Waals surface area contributed by atoms with E-state index >= 15 is 0 Å². The molecular weight excluding hydrogens is 214 g/mol. The van der Waals surface area contributed by atoms with Gasteiger partial charge in [-0.25, -0.2) is 0 Å². The minimum atomic E-state index is 0.444. The summed E-state index contributed by atoms with van der Waals surface area (Å²) in [6.45, 7) is 2.87. The number of aryl methyl sites for hydroxylation is 1. The first-order chi connectivity index (χ1) is 7.81. The van der Waals surface area contributed by atoms with Gasteiger partial charge in [-0.05, 0) is 42.5 Å². The predicted molar refractivity (Wildman–Crippen MR) is 71.0 cm³/mol. The van der Waals surface area contributed by atoms with Gasteiger partial charge in [0.15, 0.2) is 0 Å². The van der Waals surface area contributed by atoms with Gasteiger partial charge in [0, 0.05) is 10.8 Å². The highest BCUT2D eigenvalue weighted by Gasteiger charge is 2.12. The van der Waals surface area contributed by atoms with Gasteiger partial charge in [-0.3, -0.25) is 0 Å². The van der Waals surface area contributed by atoms with Crippen LogP contribution in [0.1, 0.15) is 21.9 Å². The van der Waals surface area contributed by atoms with Crippen LogP contribution in [-0.2, 0) is 6.42 Å². The third kappa shape index (κ3) is 2.52. The summed E-state index contributed by atoms with van der Waals surface area (Å²) in [5.41, 5.74) is 8.62. The molecule has 0 fully saturated rings. The first kappa shape index (κ1) is 11.4. The van der Waals surface area contributed by atoms with Crippen molar-refractivity contribution < 1.29 is 0 Å². The van der Waals surface area contributed by atoms with Crippen molar-refractivity contribution in [3.63, 3.8) is 0 Å². The Morgan fingerprint density at radius 2 is 2.00 bits per heavy atom. The van der Waals surface area contributed by atoms with Crippen LogP contribution in [0.3, 0.4) is 0 Å². The Morgan fingerprint density at radius 1 is 1.19 bits per heavy atom. The molecule has 16 heavy (non-hydrogen) atoms. The molecule has 0 spiro atoms. The van der Waals surface area contributed by atoms with E-state index < -0.39 is 0 Å². The molecule has 0 aliphatic heterocycles. The molecule has 2 heteroatoms. The highest BCUT2D eigenvalue weighted by atomic mass is 32.1. The second-order valence-electron chi connectivity index (χ2n) is 4.07. The Hall–Kier alpha value is -1.12. The van der Waals surface area contributed by atoms with Crippen molar-refractivity contribution in [1.82, 2.24) is 0 Å². The Bertz CT molecular complexity index is 434. The average Bonchev–Trinajstić information content (AvgIpc) is 2.80. The lowest BCUT2D eigenvalue weighted by atomic mass is 9.92. The molecule has 1 heterocycles. The molecule has 0 aliphatic carbocycles. The van der Waals surface area contributed by atoms with E-state index in [-0.39, 0.29) is 0 Å². The molecular formula is C14H17NS. The van der Waals surface area contributed by atoms with Crippen LogP contribution in [-0.4, -0.2) is 6.54 Å². The minimum Gasteiger partial charge on any atom is -0.330 e. The third-order valence-electron chi connectivity index (χ3n) is 2.94. The SMILES string of the molecule is Cc1ccccc1C(CN)Cc1cccs1. The summed E-state index contributed by atoms with van der Waals surface area (Å²) in [6, 6.07) is 12.8. The average molecular weight is 231 g/mol. The van der Waals surface area contributed by atoms with Crippen molar-refractivity contribution in [2.75, 3.05) is 6.54 Å². The van der Waals surface area contributed by atoms with E-state index in [9.17, 15) is 0 Å². The molecule has 2 rings (SSSR count). The molecule has 1 nitrogen and oxygen atoms in total. The van der Waals surface area contributed by atoms with Gasteiger partial charge in [-0.1, -0.05) is 30.3 Å². The van der Waals surface area contributed by atoms with Crippen molar-refractivity contribution >= 4 is 11.3 Å². The van der Waals surface area contributed by atoms with Gasteiger partial charge in [0.25, 0.3) is 0 Å². The Morgan fingerprint density at radius 3 is 2.62 bits per heavy atom. The molecule has 0 saturated carbocycles. The molecule has 0 saturated heterocycles. The van der Waals surface area contributed by atoms with Gasteiger partial charge >= 0.3 is 0 Å². The fourth-order valence-electron chi connectivity index (χ4n) is 2.04. The third-order valence-corrected chi connectivity index (χ3v) is 3.84. The summed E-state index contributed by atoms with van der Waals surface area (Å²) in [4.78, 5) is 1.42. The molecule has 0 aliphatic rings. The fourth-order valence-corrected chi connectivity index (χ4v) is 2.82. The normalized spacial score (nSPS) is 12.6. The number of benzene rings is 1. The minimum absolute atomic E-state index is 0.444. The molecule has 1 atom stereocenters. The van der Waals surface area contributed by atoms with E-state index in [4.69, 9.17) is 5.73 Å². The van der Waals surface area contributed by atoms with Crippen LogP contribution < -0.4 is 5.73 Å². The van der Waals surface area contributed by atoms with Gasteiger partial charge in [-0.2, -0.15) is 0 Å². The van der Waals surface area contributed by atoms with Crippen molar-refractivity contribution in [3.05, 3.63) is 57.8 Å². The molecule has 2 N–H and O–H groups in total. The summed E-state index contributed by atoms with van der Waals surface area (Å²) in [7, 11) is 0. The molecule has 0 radical (unpaired) electrons. The quantitative estimate of drug-likeness (QED) is 0.858. The zero-order valence-electron chi connectivity index (χ0n) is 9.52. The predicted octanol–water partition coefficient (Wildman–Crippen LogP) is 3.34. The zero-order chi connectivity index (χ0) is 11.4. The maximum atomic E-state index is 5.89. The molecule has 0 amide bonds. The standard InChI is InChI=1S/C14H17NS/c1-11-5-2-3-7-14(11)12(10-15)9-13-6-4-8-16-13/h2-8,12H,9-10,15H2,1H3. The molecule has 84 valence electrons. The van der Waals surface area contributed by atoms with Crippen molar-refractivity contribution in [2.45, 2.75) is 19.3 Å². The van der Waals surface area contributed by atoms with Crippen molar-refractivity contribution in [1.29, 1.82) is 0 Å². The van der Waals surface area contributed by atoms with Gasteiger partial charge in [0.1, 0.15) is 0 Å². The number of nitrogens with two attached hydrogens (primary N) is 1. The maximum absolute atomic E-state index is 5.89. The maximum Gasteiger partial charge on any atom is 0.00517 e. The topological polar surface area (TPSA) is 26.0 Å². The smallest absolute Gasteiger partial charge is 0.00517 e. The highest BCUT2D eigenvalue weighted by Crippen LogP contribution is 2.24. The van der Waals surface area contributed by atoms with Crippen LogP contribution in [0.4, 0.5) is 0 Å². The number of hydrogen-bond donors (Lipinski definition) is 1. The van der Waals surface area contributed by atoms with E-state index in [1.54, 1.807) is 0 Å². The first-order valence-corrected chi connectivity index (χ1v) is 6.47.